The third kappa shape index (κ3) is 2.44. The van der Waals surface area contributed by atoms with E-state index >= 15 is 0 Å². The molecule has 0 aromatic carbocycles. The van der Waals surface area contributed by atoms with Crippen molar-refractivity contribution in [2.45, 2.75) is 64.5 Å². The Balaban J connectivity index is 1.68. The minimum absolute atomic E-state index is 0.500. The van der Waals surface area contributed by atoms with Gasteiger partial charge in [0.1, 0.15) is 0 Å². The fraction of sp³-hybridized carbons (Fsp3) is 0.688. The third-order valence-electron chi connectivity index (χ3n) is 4.60. The first kappa shape index (κ1) is 12.2. The molecule has 2 nitrogen and oxygen atoms in total. The van der Waals surface area contributed by atoms with E-state index in [9.17, 15) is 0 Å². The zero-order chi connectivity index (χ0) is 12.6. The molecular weight excluding hydrogens is 220 g/mol. The van der Waals surface area contributed by atoms with E-state index in [0.29, 0.717) is 17.5 Å². The van der Waals surface area contributed by atoms with E-state index in [1.807, 2.05) is 6.20 Å². The van der Waals surface area contributed by atoms with Crippen molar-refractivity contribution in [1.82, 2.24) is 10.3 Å². The Hall–Kier alpha value is -0.890. The van der Waals surface area contributed by atoms with Crippen molar-refractivity contribution in [1.29, 1.82) is 0 Å². The van der Waals surface area contributed by atoms with Gasteiger partial charge in [-0.3, -0.25) is 4.98 Å². The van der Waals surface area contributed by atoms with Gasteiger partial charge in [-0.1, -0.05) is 26.3 Å². The number of hydrogen-bond donors (Lipinski definition) is 1. The number of hydrogen-bond acceptors (Lipinski definition) is 2. The minimum atomic E-state index is 0.500. The van der Waals surface area contributed by atoms with Gasteiger partial charge in [0.25, 0.3) is 0 Å². The molecule has 1 aromatic rings. The van der Waals surface area contributed by atoms with Gasteiger partial charge in [0.15, 0.2) is 0 Å². The van der Waals surface area contributed by atoms with Crippen LogP contribution in [0.15, 0.2) is 18.3 Å². The molecule has 98 valence electrons. The summed E-state index contributed by atoms with van der Waals surface area (Å²) in [4.78, 5) is 4.58. The largest absolute Gasteiger partial charge is 0.306 e. The number of fused-ring (bicyclic) bond motifs is 1. The molecule has 0 radical (unpaired) electrons. The molecule has 2 aliphatic rings. The van der Waals surface area contributed by atoms with Crippen LogP contribution in [0.3, 0.4) is 0 Å². The Morgan fingerprint density at radius 3 is 3.06 bits per heavy atom. The molecular formula is C16H24N2. The van der Waals surface area contributed by atoms with E-state index in [1.165, 1.54) is 49.8 Å². The average molecular weight is 244 g/mol. The lowest BCUT2D eigenvalue weighted by molar-refractivity contribution is 0.188. The summed E-state index contributed by atoms with van der Waals surface area (Å²) in [5.41, 5.74) is 3.27. The summed E-state index contributed by atoms with van der Waals surface area (Å²) in [5.74, 6) is 0. The molecule has 2 heteroatoms. The lowest BCUT2D eigenvalue weighted by Gasteiger charge is -2.37. The molecule has 2 aliphatic carbocycles. The van der Waals surface area contributed by atoms with Crippen molar-refractivity contribution in [3.63, 3.8) is 0 Å². The van der Waals surface area contributed by atoms with Crippen molar-refractivity contribution in [3.8, 4) is 0 Å². The molecule has 1 saturated carbocycles. The first-order valence-electron chi connectivity index (χ1n) is 7.34. The lowest BCUT2D eigenvalue weighted by atomic mass is 9.75. The Labute approximate surface area is 110 Å². The second-order valence-electron chi connectivity index (χ2n) is 6.76. The topological polar surface area (TPSA) is 24.9 Å². The van der Waals surface area contributed by atoms with Crippen LogP contribution in [0, 0.1) is 5.41 Å². The van der Waals surface area contributed by atoms with Gasteiger partial charge in [-0.05, 0) is 49.1 Å². The maximum Gasteiger partial charge on any atom is 0.0605 e. The van der Waals surface area contributed by atoms with Crippen LogP contribution in [0.1, 0.15) is 63.3 Å². The predicted molar refractivity (Wildman–Crippen MR) is 74.5 cm³/mol. The van der Waals surface area contributed by atoms with Crippen LogP contribution in [0.25, 0.3) is 0 Å². The number of aromatic nitrogens is 1. The zero-order valence-electron chi connectivity index (χ0n) is 11.6. The Kier molecular flexibility index (Phi) is 3.14. The fourth-order valence-corrected chi connectivity index (χ4v) is 3.70. The van der Waals surface area contributed by atoms with Crippen molar-refractivity contribution in [2.24, 2.45) is 5.41 Å². The van der Waals surface area contributed by atoms with Gasteiger partial charge < -0.3 is 5.32 Å². The first-order valence-corrected chi connectivity index (χ1v) is 7.34. The molecule has 1 N–H and O–H groups in total. The number of pyridine rings is 1. The van der Waals surface area contributed by atoms with Crippen LogP contribution < -0.4 is 5.32 Å². The highest BCUT2D eigenvalue weighted by atomic mass is 15.0. The van der Waals surface area contributed by atoms with Gasteiger partial charge in [0, 0.05) is 12.2 Å². The van der Waals surface area contributed by atoms with Gasteiger partial charge in [-0.2, -0.15) is 0 Å². The molecule has 0 spiro atoms. The average Bonchev–Trinajstić information content (AvgIpc) is 2.72. The molecule has 2 unspecified atom stereocenters. The van der Waals surface area contributed by atoms with Crippen LogP contribution in [0.4, 0.5) is 0 Å². The number of rotatable bonds is 2. The van der Waals surface area contributed by atoms with Crippen molar-refractivity contribution < 1.29 is 0 Å². The standard InChI is InChI=1S/C16H24N2/c1-16(2)9-3-6-13(11-16)18-14-8-7-12-5-4-10-17-15(12)14/h4-5,10,13-14,18H,3,6-9,11H2,1-2H3. The quantitative estimate of drug-likeness (QED) is 0.859. The predicted octanol–water partition coefficient (Wildman–Crippen LogP) is 3.63. The van der Waals surface area contributed by atoms with Crippen molar-refractivity contribution >= 4 is 0 Å². The van der Waals surface area contributed by atoms with E-state index in [1.54, 1.807) is 0 Å². The summed E-state index contributed by atoms with van der Waals surface area (Å²) in [7, 11) is 0. The van der Waals surface area contributed by atoms with Crippen LogP contribution in [0.5, 0.6) is 0 Å². The zero-order valence-corrected chi connectivity index (χ0v) is 11.6. The molecule has 0 aliphatic heterocycles. The second kappa shape index (κ2) is 4.65. The molecule has 1 fully saturated rings. The van der Waals surface area contributed by atoms with Crippen LogP contribution in [-0.2, 0) is 6.42 Å². The SMILES string of the molecule is CC1(C)CCCC(NC2CCc3cccnc32)C1. The van der Waals surface area contributed by atoms with Gasteiger partial charge in [0.05, 0.1) is 11.7 Å². The minimum Gasteiger partial charge on any atom is -0.306 e. The summed E-state index contributed by atoms with van der Waals surface area (Å²) < 4.78 is 0. The Morgan fingerprint density at radius 1 is 1.33 bits per heavy atom. The number of nitrogens with zero attached hydrogens (tertiary/aromatic N) is 1. The third-order valence-corrected chi connectivity index (χ3v) is 4.60. The number of nitrogens with one attached hydrogen (secondary N) is 1. The van der Waals surface area contributed by atoms with Gasteiger partial charge >= 0.3 is 0 Å². The van der Waals surface area contributed by atoms with Gasteiger partial charge in [0.2, 0.25) is 0 Å². The molecule has 3 rings (SSSR count). The van der Waals surface area contributed by atoms with Crippen LogP contribution in [0.2, 0.25) is 0 Å². The van der Waals surface area contributed by atoms with E-state index < -0.39 is 0 Å². The highest BCUT2D eigenvalue weighted by Gasteiger charge is 2.31. The van der Waals surface area contributed by atoms with Crippen LogP contribution in [-0.4, -0.2) is 11.0 Å². The van der Waals surface area contributed by atoms with E-state index in [4.69, 9.17) is 0 Å². The monoisotopic (exact) mass is 244 g/mol. The molecule has 0 amide bonds. The summed E-state index contributed by atoms with van der Waals surface area (Å²) in [6.45, 7) is 4.81. The molecule has 0 bridgehead atoms. The fourth-order valence-electron chi connectivity index (χ4n) is 3.70. The maximum atomic E-state index is 4.58. The van der Waals surface area contributed by atoms with Crippen LogP contribution >= 0.6 is 0 Å². The number of aryl methyl sites for hydroxylation is 1. The Bertz CT molecular complexity index is 425. The van der Waals surface area contributed by atoms with E-state index in [2.05, 4.69) is 36.3 Å². The highest BCUT2D eigenvalue weighted by Crippen LogP contribution is 2.37. The smallest absolute Gasteiger partial charge is 0.0605 e. The molecule has 2 atom stereocenters. The maximum absolute atomic E-state index is 4.58. The Morgan fingerprint density at radius 2 is 2.22 bits per heavy atom. The molecule has 1 heterocycles. The van der Waals surface area contributed by atoms with Gasteiger partial charge in [-0.15, -0.1) is 0 Å². The highest BCUT2D eigenvalue weighted by molar-refractivity contribution is 5.28. The van der Waals surface area contributed by atoms with E-state index in [0.717, 1.165) is 0 Å². The lowest BCUT2D eigenvalue weighted by Crippen LogP contribution is -2.39. The normalized spacial score (nSPS) is 30.1. The molecule has 1 aromatic heterocycles. The molecule has 0 saturated heterocycles. The summed E-state index contributed by atoms with van der Waals surface area (Å²) in [6.07, 6.45) is 9.74. The van der Waals surface area contributed by atoms with Crippen molar-refractivity contribution in [2.75, 3.05) is 0 Å². The van der Waals surface area contributed by atoms with Gasteiger partial charge in [-0.25, -0.2) is 0 Å². The first-order chi connectivity index (χ1) is 8.64. The molecule has 18 heavy (non-hydrogen) atoms. The van der Waals surface area contributed by atoms with Crippen molar-refractivity contribution in [3.05, 3.63) is 29.6 Å². The summed E-state index contributed by atoms with van der Waals surface area (Å²) >= 11 is 0. The van der Waals surface area contributed by atoms with E-state index in [-0.39, 0.29) is 0 Å². The summed E-state index contributed by atoms with van der Waals surface area (Å²) in [5, 5.41) is 3.87. The second-order valence-corrected chi connectivity index (χ2v) is 6.76. The summed E-state index contributed by atoms with van der Waals surface area (Å²) in [6, 6.07) is 5.48.